The molecule has 5 rings (SSSR count). The molecule has 0 heterocycles. The Morgan fingerprint density at radius 2 is 1.49 bits per heavy atom. The Morgan fingerprint density at radius 3 is 2.07 bits per heavy atom. The Hall–Kier alpha value is -1.65. The highest BCUT2D eigenvalue weighted by Gasteiger charge is 2.72. The minimum atomic E-state index is -0.993. The highest BCUT2D eigenvalue weighted by atomic mass is 16.6. The maximum Gasteiger partial charge on any atom is 0.304 e. The summed E-state index contributed by atoms with van der Waals surface area (Å²) in [5, 5.41) is 3.27. The SMILES string of the molecule is CC(=O)O[C@@]1(NC(=O)C(C)C)CC[C@]2(C)[C@H]3CC[C@@H]4C5=C(C(C)C)C(=O)C[C@]5(C)CC[C@@]4(C)[C@]3(C)CC[C@H]2C1(C)C. The van der Waals surface area contributed by atoms with Crippen molar-refractivity contribution < 1.29 is 19.1 Å². The molecule has 1 N–H and O–H groups in total. The van der Waals surface area contributed by atoms with Crippen LogP contribution in [-0.4, -0.2) is 23.4 Å². The first kappa shape index (κ1) is 30.8. The van der Waals surface area contributed by atoms with Gasteiger partial charge >= 0.3 is 5.97 Å². The van der Waals surface area contributed by atoms with E-state index in [1.54, 1.807) is 0 Å². The lowest BCUT2D eigenvalue weighted by Crippen LogP contribution is -2.72. The van der Waals surface area contributed by atoms with Gasteiger partial charge in [0.15, 0.2) is 11.5 Å². The van der Waals surface area contributed by atoms with Crippen LogP contribution >= 0.6 is 0 Å². The second-order valence-corrected chi connectivity index (χ2v) is 17.0. The molecule has 0 saturated heterocycles. The van der Waals surface area contributed by atoms with E-state index in [1.807, 2.05) is 13.8 Å². The third kappa shape index (κ3) is 4.01. The maximum absolute atomic E-state index is 13.4. The standard InChI is InChI=1S/C36H57NO4/c1-21(2)28-25(39)20-32(8)16-18-34(10)24(29(28)32)12-13-27-33(9)17-19-36(41-23(5)38,37-30(40)22(3)4)31(6,7)26(33)14-15-35(27,34)11/h21-22,24,26-27H,12-20H2,1-11H3,(H,37,40)/t24-,26+,27-,32+,33+,34-,35-,36+/m1/s1. The monoisotopic (exact) mass is 567 g/mol. The fourth-order valence-corrected chi connectivity index (χ4v) is 11.8. The quantitative estimate of drug-likeness (QED) is 0.276. The second kappa shape index (κ2) is 9.42. The van der Waals surface area contributed by atoms with E-state index >= 15 is 0 Å². The van der Waals surface area contributed by atoms with Crippen LogP contribution in [0.25, 0.3) is 0 Å². The summed E-state index contributed by atoms with van der Waals surface area (Å²) >= 11 is 0. The molecule has 4 saturated carbocycles. The topological polar surface area (TPSA) is 72.5 Å². The summed E-state index contributed by atoms with van der Waals surface area (Å²) in [7, 11) is 0. The van der Waals surface area contributed by atoms with Crippen LogP contribution in [0.1, 0.15) is 134 Å². The number of allylic oxidation sites excluding steroid dienone is 2. The van der Waals surface area contributed by atoms with Gasteiger partial charge in [0.1, 0.15) is 0 Å². The van der Waals surface area contributed by atoms with Crippen molar-refractivity contribution in [3.63, 3.8) is 0 Å². The first-order valence-electron chi connectivity index (χ1n) is 16.6. The summed E-state index contributed by atoms with van der Waals surface area (Å²) in [6.45, 7) is 24.3. The van der Waals surface area contributed by atoms with Crippen LogP contribution < -0.4 is 5.32 Å². The van der Waals surface area contributed by atoms with E-state index < -0.39 is 11.1 Å². The van der Waals surface area contributed by atoms with Gasteiger partial charge in [0.2, 0.25) is 5.91 Å². The fourth-order valence-electron chi connectivity index (χ4n) is 11.8. The first-order chi connectivity index (χ1) is 18.8. The third-order valence-electron chi connectivity index (χ3n) is 14.1. The third-order valence-corrected chi connectivity index (χ3v) is 14.1. The fraction of sp³-hybridized carbons (Fsp3) is 0.861. The van der Waals surface area contributed by atoms with Crippen molar-refractivity contribution in [1.29, 1.82) is 0 Å². The molecule has 230 valence electrons. The number of hydrogen-bond donors (Lipinski definition) is 1. The number of nitrogens with one attached hydrogen (secondary N) is 1. The van der Waals surface area contributed by atoms with Crippen LogP contribution in [0.5, 0.6) is 0 Å². The molecule has 0 radical (unpaired) electrons. The number of fused-ring (bicyclic) bond motifs is 7. The van der Waals surface area contributed by atoms with Gasteiger partial charge in [0, 0.05) is 31.1 Å². The van der Waals surface area contributed by atoms with Gasteiger partial charge in [-0.2, -0.15) is 0 Å². The number of ketones is 1. The van der Waals surface area contributed by atoms with Crippen LogP contribution in [0.3, 0.4) is 0 Å². The molecule has 5 aliphatic rings. The molecule has 5 nitrogen and oxygen atoms in total. The number of amides is 1. The van der Waals surface area contributed by atoms with Crippen LogP contribution in [0.2, 0.25) is 0 Å². The average Bonchev–Trinajstić information content (AvgIpc) is 3.12. The molecule has 8 atom stereocenters. The normalized spacial score (nSPS) is 45.1. The van der Waals surface area contributed by atoms with Crippen molar-refractivity contribution in [1.82, 2.24) is 5.32 Å². The van der Waals surface area contributed by atoms with Gasteiger partial charge in [-0.3, -0.25) is 14.4 Å². The van der Waals surface area contributed by atoms with Crippen molar-refractivity contribution in [3.8, 4) is 0 Å². The Kier molecular flexibility index (Phi) is 7.08. The van der Waals surface area contributed by atoms with Gasteiger partial charge < -0.3 is 10.1 Å². The minimum Gasteiger partial charge on any atom is -0.439 e. The minimum absolute atomic E-state index is 0.0379. The van der Waals surface area contributed by atoms with Crippen LogP contribution in [0.4, 0.5) is 0 Å². The number of carbonyl (C=O) groups excluding carboxylic acids is 3. The van der Waals surface area contributed by atoms with E-state index in [0.29, 0.717) is 36.4 Å². The average molecular weight is 568 g/mol. The summed E-state index contributed by atoms with van der Waals surface area (Å²) in [5.74, 6) is 1.48. The van der Waals surface area contributed by atoms with E-state index in [4.69, 9.17) is 4.74 Å². The van der Waals surface area contributed by atoms with E-state index in [1.165, 1.54) is 25.3 Å². The number of Topliss-reactive ketones (excluding diaryl/α,β-unsaturated/α-hetero) is 1. The Bertz CT molecular complexity index is 1180. The summed E-state index contributed by atoms with van der Waals surface area (Å²) in [5.41, 5.74) is 1.74. The zero-order chi connectivity index (χ0) is 30.6. The maximum atomic E-state index is 13.4. The van der Waals surface area contributed by atoms with Crippen LogP contribution in [0.15, 0.2) is 11.1 Å². The van der Waals surface area contributed by atoms with Crippen molar-refractivity contribution in [3.05, 3.63) is 11.1 Å². The summed E-state index contributed by atoms with van der Waals surface area (Å²) in [4.78, 5) is 38.9. The Morgan fingerprint density at radius 1 is 0.829 bits per heavy atom. The first-order valence-corrected chi connectivity index (χ1v) is 16.6. The molecule has 1 amide bonds. The predicted molar refractivity (Wildman–Crippen MR) is 163 cm³/mol. The van der Waals surface area contributed by atoms with E-state index in [0.717, 1.165) is 37.7 Å². The lowest BCUT2D eigenvalue weighted by Gasteiger charge is -2.73. The highest BCUT2D eigenvalue weighted by Crippen LogP contribution is 2.77. The van der Waals surface area contributed by atoms with Crippen molar-refractivity contribution in [2.24, 2.45) is 56.7 Å². The van der Waals surface area contributed by atoms with Gasteiger partial charge in [0.05, 0.1) is 0 Å². The van der Waals surface area contributed by atoms with E-state index in [9.17, 15) is 14.4 Å². The van der Waals surface area contributed by atoms with Crippen molar-refractivity contribution in [2.75, 3.05) is 0 Å². The number of rotatable bonds is 4. The van der Waals surface area contributed by atoms with Crippen molar-refractivity contribution >= 4 is 17.7 Å². The zero-order valence-electron chi connectivity index (χ0n) is 27.9. The summed E-state index contributed by atoms with van der Waals surface area (Å²) in [6.07, 6.45) is 9.12. The summed E-state index contributed by atoms with van der Waals surface area (Å²) in [6, 6.07) is 0. The number of ether oxygens (including phenoxy) is 1. The molecule has 0 aromatic heterocycles. The molecule has 0 unspecified atom stereocenters. The molecule has 4 fully saturated rings. The smallest absolute Gasteiger partial charge is 0.304 e. The van der Waals surface area contributed by atoms with Gasteiger partial charge in [-0.25, -0.2) is 0 Å². The molecule has 0 spiro atoms. The molecule has 0 aromatic rings. The van der Waals surface area contributed by atoms with Gasteiger partial charge in [0.25, 0.3) is 0 Å². The number of esters is 1. The lowest BCUT2D eigenvalue weighted by molar-refractivity contribution is -0.264. The molecule has 0 aliphatic heterocycles. The van der Waals surface area contributed by atoms with E-state index in [-0.39, 0.29) is 45.4 Å². The molecule has 0 aromatic carbocycles. The number of carbonyl (C=O) groups is 3. The Labute approximate surface area is 249 Å². The predicted octanol–water partition coefficient (Wildman–Crippen LogP) is 8.02. The van der Waals surface area contributed by atoms with E-state index in [2.05, 4.69) is 60.7 Å². The molecular weight excluding hydrogens is 510 g/mol. The van der Waals surface area contributed by atoms with Gasteiger partial charge in [-0.05, 0) is 95.9 Å². The molecular formula is C36H57NO4. The Balaban J connectivity index is 1.55. The van der Waals surface area contributed by atoms with Crippen LogP contribution in [0, 0.1) is 56.7 Å². The largest absolute Gasteiger partial charge is 0.439 e. The molecule has 5 heteroatoms. The number of hydrogen-bond acceptors (Lipinski definition) is 4. The zero-order valence-corrected chi connectivity index (χ0v) is 27.9. The van der Waals surface area contributed by atoms with Crippen LogP contribution in [-0.2, 0) is 19.1 Å². The van der Waals surface area contributed by atoms with Gasteiger partial charge in [-0.15, -0.1) is 0 Å². The van der Waals surface area contributed by atoms with Crippen molar-refractivity contribution in [2.45, 2.75) is 140 Å². The lowest BCUT2D eigenvalue weighted by atomic mass is 9.32. The molecule has 41 heavy (non-hydrogen) atoms. The molecule has 0 bridgehead atoms. The van der Waals surface area contributed by atoms with Gasteiger partial charge in [-0.1, -0.05) is 74.8 Å². The molecule has 5 aliphatic carbocycles. The second-order valence-electron chi connectivity index (χ2n) is 17.0. The summed E-state index contributed by atoms with van der Waals surface area (Å²) < 4.78 is 6.17. The highest BCUT2D eigenvalue weighted by molar-refractivity contribution is 6.00.